The highest BCUT2D eigenvalue weighted by Crippen LogP contribution is 2.44. The predicted octanol–water partition coefficient (Wildman–Crippen LogP) is 5.13. The second-order valence-electron chi connectivity index (χ2n) is 9.50. The number of nitrogens with zero attached hydrogens (tertiary/aromatic N) is 2. The van der Waals surface area contributed by atoms with Gasteiger partial charge in [0.15, 0.2) is 5.82 Å². The summed E-state index contributed by atoms with van der Waals surface area (Å²) in [5.41, 5.74) is 6.24. The van der Waals surface area contributed by atoms with Crippen LogP contribution in [0.25, 0.3) is 16.8 Å². The van der Waals surface area contributed by atoms with Crippen molar-refractivity contribution in [2.24, 2.45) is 5.92 Å². The molecule has 2 fully saturated rings. The van der Waals surface area contributed by atoms with Crippen molar-refractivity contribution in [3.05, 3.63) is 41.5 Å². The van der Waals surface area contributed by atoms with E-state index in [-0.39, 0.29) is 11.4 Å². The lowest BCUT2D eigenvalue weighted by molar-refractivity contribution is -0.0625. The number of phenols is 1. The van der Waals surface area contributed by atoms with E-state index in [1.54, 1.807) is 7.11 Å². The fraction of sp³-hybridized carbons (Fsp3) is 0.520. The summed E-state index contributed by atoms with van der Waals surface area (Å²) in [5.74, 6) is 1.77. The summed E-state index contributed by atoms with van der Waals surface area (Å²) in [4.78, 5) is 0. The van der Waals surface area contributed by atoms with Crippen molar-refractivity contribution in [1.82, 2.24) is 10.2 Å². The summed E-state index contributed by atoms with van der Waals surface area (Å²) >= 11 is 0. The molecule has 2 aromatic rings. The second-order valence-corrected chi connectivity index (χ2v) is 9.50. The summed E-state index contributed by atoms with van der Waals surface area (Å²) in [6, 6.07) is 6.28. The van der Waals surface area contributed by atoms with Gasteiger partial charge < -0.3 is 15.2 Å². The van der Waals surface area contributed by atoms with Gasteiger partial charge in [-0.25, -0.2) is 0 Å². The number of nitrogens with one attached hydrogen (secondary N) is 1. The predicted molar refractivity (Wildman–Crippen MR) is 120 cm³/mol. The van der Waals surface area contributed by atoms with Crippen LogP contribution >= 0.6 is 0 Å². The fourth-order valence-corrected chi connectivity index (χ4v) is 5.02. The Hall–Kier alpha value is -2.40. The van der Waals surface area contributed by atoms with Gasteiger partial charge >= 0.3 is 0 Å². The highest BCUT2D eigenvalue weighted by molar-refractivity contribution is 5.77. The molecule has 0 unspecified atom stereocenters. The van der Waals surface area contributed by atoms with Crippen LogP contribution in [0.1, 0.15) is 62.1 Å². The number of ether oxygens (including phenoxy) is 1. The lowest BCUT2D eigenvalue weighted by Crippen LogP contribution is -2.50. The first-order valence-electron chi connectivity index (χ1n) is 11.2. The van der Waals surface area contributed by atoms with Crippen LogP contribution in [0.3, 0.4) is 0 Å². The lowest BCUT2D eigenvalue weighted by atomic mass is 9.77. The Morgan fingerprint density at radius 2 is 1.90 bits per heavy atom. The fourth-order valence-electron chi connectivity index (χ4n) is 5.02. The van der Waals surface area contributed by atoms with Crippen molar-refractivity contribution in [3.63, 3.8) is 0 Å². The number of fused-ring (bicyclic) bond motifs is 1. The number of benzene rings is 1. The number of aromatic nitrogens is 2. The third-order valence-corrected chi connectivity index (χ3v) is 7.17. The molecule has 0 amide bonds. The summed E-state index contributed by atoms with van der Waals surface area (Å²) in [6.07, 6.45) is 8.67. The third kappa shape index (κ3) is 3.49. The number of methoxy groups -OCH3 is 1. The van der Waals surface area contributed by atoms with Gasteiger partial charge in [0, 0.05) is 24.3 Å². The van der Waals surface area contributed by atoms with Gasteiger partial charge in [-0.15, -0.1) is 10.2 Å². The maximum absolute atomic E-state index is 10.8. The zero-order valence-electron chi connectivity index (χ0n) is 18.0. The molecule has 0 atom stereocenters. The molecule has 1 aromatic carbocycles. The van der Waals surface area contributed by atoms with Crippen molar-refractivity contribution in [2.45, 2.75) is 69.9 Å². The Bertz CT molecular complexity index is 990. The quantitative estimate of drug-likeness (QED) is 0.697. The van der Waals surface area contributed by atoms with E-state index in [0.717, 1.165) is 60.3 Å². The minimum atomic E-state index is -0.0247. The SMILES string of the molecule is C=C(c1ccc(-c2nnc(NC3CC(C)(OC)C3)c3c2CCCC3)c(O)c1)C1CC1. The molecule has 3 aliphatic rings. The van der Waals surface area contributed by atoms with E-state index in [9.17, 15) is 5.11 Å². The number of hydrogen-bond acceptors (Lipinski definition) is 5. The van der Waals surface area contributed by atoms with Crippen LogP contribution in [0.15, 0.2) is 24.8 Å². The smallest absolute Gasteiger partial charge is 0.152 e. The Balaban J connectivity index is 1.44. The molecular formula is C25H31N3O2. The molecule has 3 aliphatic carbocycles. The van der Waals surface area contributed by atoms with Gasteiger partial charge in [-0.05, 0) is 93.0 Å². The first-order valence-corrected chi connectivity index (χ1v) is 11.2. The molecule has 30 heavy (non-hydrogen) atoms. The van der Waals surface area contributed by atoms with Crippen LogP contribution in [-0.4, -0.2) is 34.1 Å². The van der Waals surface area contributed by atoms with Crippen LogP contribution in [-0.2, 0) is 17.6 Å². The third-order valence-electron chi connectivity index (χ3n) is 7.17. The van der Waals surface area contributed by atoms with E-state index in [1.165, 1.54) is 30.4 Å². The Labute approximate surface area is 178 Å². The number of phenolic OH excluding ortho intramolecular Hbond substituents is 1. The van der Waals surface area contributed by atoms with E-state index in [0.29, 0.717) is 12.0 Å². The summed E-state index contributed by atoms with van der Waals surface area (Å²) < 4.78 is 5.58. The number of hydrogen-bond donors (Lipinski definition) is 2. The molecule has 0 bridgehead atoms. The highest BCUT2D eigenvalue weighted by atomic mass is 16.5. The van der Waals surface area contributed by atoms with Gasteiger partial charge in [0.25, 0.3) is 0 Å². The number of rotatable bonds is 6. The molecule has 0 aliphatic heterocycles. The average Bonchev–Trinajstić information content (AvgIpc) is 3.58. The van der Waals surface area contributed by atoms with Crippen molar-refractivity contribution in [1.29, 1.82) is 0 Å². The van der Waals surface area contributed by atoms with Gasteiger partial charge in [-0.2, -0.15) is 0 Å². The molecule has 5 rings (SSSR count). The zero-order chi connectivity index (χ0) is 20.9. The van der Waals surface area contributed by atoms with E-state index in [2.05, 4.69) is 35.1 Å². The standard InChI is InChI=1S/C25H31N3O2/c1-15(16-8-9-16)17-10-11-21(22(29)12-17)23-19-6-4-5-7-20(19)24(28-27-23)26-18-13-25(2,14-18)30-3/h10-12,16,18,29H,1,4-9,13-14H2,2-3H3,(H,26,28). The maximum Gasteiger partial charge on any atom is 0.152 e. The topological polar surface area (TPSA) is 67.3 Å². The Morgan fingerprint density at radius 1 is 1.17 bits per heavy atom. The molecule has 5 heteroatoms. The molecule has 1 aromatic heterocycles. The average molecular weight is 406 g/mol. The van der Waals surface area contributed by atoms with Crippen LogP contribution in [0, 0.1) is 5.92 Å². The minimum Gasteiger partial charge on any atom is -0.507 e. The summed E-state index contributed by atoms with van der Waals surface area (Å²) in [6.45, 7) is 6.37. The summed E-state index contributed by atoms with van der Waals surface area (Å²) in [7, 11) is 1.78. The van der Waals surface area contributed by atoms with Crippen molar-refractivity contribution in [2.75, 3.05) is 12.4 Å². The molecule has 158 valence electrons. The normalized spacial score (nSPS) is 25.3. The van der Waals surface area contributed by atoms with Crippen LogP contribution < -0.4 is 5.32 Å². The molecule has 5 nitrogen and oxygen atoms in total. The molecule has 0 spiro atoms. The lowest BCUT2D eigenvalue weighted by Gasteiger charge is -2.44. The van der Waals surface area contributed by atoms with Crippen molar-refractivity contribution < 1.29 is 9.84 Å². The Kier molecular flexibility index (Phi) is 4.81. The van der Waals surface area contributed by atoms with E-state index >= 15 is 0 Å². The molecule has 0 radical (unpaired) electrons. The van der Waals surface area contributed by atoms with Crippen molar-refractivity contribution >= 4 is 11.4 Å². The van der Waals surface area contributed by atoms with Gasteiger partial charge in [0.05, 0.1) is 5.60 Å². The number of aromatic hydroxyl groups is 1. The second kappa shape index (κ2) is 7.38. The molecular weight excluding hydrogens is 374 g/mol. The maximum atomic E-state index is 10.8. The monoisotopic (exact) mass is 405 g/mol. The zero-order valence-corrected chi connectivity index (χ0v) is 18.0. The number of anilines is 1. The van der Waals surface area contributed by atoms with Crippen molar-refractivity contribution in [3.8, 4) is 17.0 Å². The first-order chi connectivity index (χ1) is 14.5. The van der Waals surface area contributed by atoms with Gasteiger partial charge in [0.1, 0.15) is 11.4 Å². The van der Waals surface area contributed by atoms with Gasteiger partial charge in [-0.3, -0.25) is 0 Å². The first kappa shape index (κ1) is 19.6. The van der Waals surface area contributed by atoms with E-state index in [4.69, 9.17) is 4.74 Å². The van der Waals surface area contributed by atoms with E-state index in [1.807, 2.05) is 12.1 Å². The van der Waals surface area contributed by atoms with E-state index < -0.39 is 0 Å². The minimum absolute atomic E-state index is 0.0247. The molecule has 0 saturated heterocycles. The summed E-state index contributed by atoms with van der Waals surface area (Å²) in [5, 5.41) is 23.6. The molecule has 2 N–H and O–H groups in total. The molecule has 2 saturated carbocycles. The molecule has 1 heterocycles. The van der Waals surface area contributed by atoms with Gasteiger partial charge in [0.2, 0.25) is 0 Å². The largest absolute Gasteiger partial charge is 0.507 e. The Morgan fingerprint density at radius 3 is 2.57 bits per heavy atom. The van der Waals surface area contributed by atoms with Crippen LogP contribution in [0.5, 0.6) is 5.75 Å². The highest BCUT2D eigenvalue weighted by Gasteiger charge is 2.41. The van der Waals surface area contributed by atoms with Gasteiger partial charge in [-0.1, -0.05) is 12.6 Å². The van der Waals surface area contributed by atoms with Crippen LogP contribution in [0.4, 0.5) is 5.82 Å². The van der Waals surface area contributed by atoms with Crippen LogP contribution in [0.2, 0.25) is 0 Å². The number of allylic oxidation sites excluding steroid dienone is 1.